The summed E-state index contributed by atoms with van der Waals surface area (Å²) < 4.78 is 4.93. The van der Waals surface area contributed by atoms with E-state index in [1.165, 1.54) is 0 Å². The molecule has 1 rings (SSSR count). The zero-order valence-corrected chi connectivity index (χ0v) is 7.16. The average molecular weight is 164 g/mol. The number of nitrogens with zero attached hydrogens (tertiary/aromatic N) is 2. The first-order chi connectivity index (χ1) is 5.86. The van der Waals surface area contributed by atoms with Crippen molar-refractivity contribution in [1.29, 1.82) is 5.26 Å². The molecule has 64 valence electrons. The molecule has 0 saturated carbocycles. The van der Waals surface area contributed by atoms with Gasteiger partial charge in [-0.3, -0.25) is 4.90 Å². The molecule has 0 saturated heterocycles. The summed E-state index contributed by atoms with van der Waals surface area (Å²) in [4.78, 5) is 2.05. The normalized spacial score (nSPS) is 10.1. The summed E-state index contributed by atoms with van der Waals surface area (Å²) in [6.07, 6.45) is 3.36. The summed E-state index contributed by atoms with van der Waals surface area (Å²) in [5, 5.41) is 8.48. The third kappa shape index (κ3) is 2.40. The molecule has 0 spiro atoms. The molecule has 0 radical (unpaired) electrons. The van der Waals surface area contributed by atoms with Crippen LogP contribution in [-0.4, -0.2) is 18.0 Å². The maximum absolute atomic E-state index is 8.48. The Morgan fingerprint density at radius 1 is 1.67 bits per heavy atom. The van der Waals surface area contributed by atoms with Crippen LogP contribution in [0.25, 0.3) is 0 Å². The smallest absolute Gasteiger partial charge is 0.0947 e. The molecule has 0 bridgehead atoms. The molecule has 0 unspecified atom stereocenters. The SMILES string of the molecule is CCN(CC#N)Cc1ccoc1. The first-order valence-corrected chi connectivity index (χ1v) is 3.97. The van der Waals surface area contributed by atoms with Crippen LogP contribution >= 0.6 is 0 Å². The van der Waals surface area contributed by atoms with Crippen molar-refractivity contribution in [2.45, 2.75) is 13.5 Å². The first-order valence-electron chi connectivity index (χ1n) is 3.97. The molecule has 0 aliphatic heterocycles. The van der Waals surface area contributed by atoms with Gasteiger partial charge in [0.2, 0.25) is 0 Å². The Kier molecular flexibility index (Phi) is 3.36. The van der Waals surface area contributed by atoms with Gasteiger partial charge in [0.1, 0.15) is 0 Å². The molecule has 0 aliphatic rings. The third-order valence-corrected chi connectivity index (χ3v) is 1.73. The van der Waals surface area contributed by atoms with E-state index in [1.54, 1.807) is 12.5 Å². The summed E-state index contributed by atoms with van der Waals surface area (Å²) in [6, 6.07) is 4.04. The van der Waals surface area contributed by atoms with Crippen LogP contribution in [0.3, 0.4) is 0 Å². The van der Waals surface area contributed by atoms with E-state index in [-0.39, 0.29) is 0 Å². The van der Waals surface area contributed by atoms with Crippen LogP contribution in [0.2, 0.25) is 0 Å². The van der Waals surface area contributed by atoms with Crippen LogP contribution in [0.4, 0.5) is 0 Å². The number of nitriles is 1. The van der Waals surface area contributed by atoms with E-state index >= 15 is 0 Å². The number of hydrogen-bond donors (Lipinski definition) is 0. The van der Waals surface area contributed by atoms with Gasteiger partial charge in [0.15, 0.2) is 0 Å². The molecule has 1 heterocycles. The highest BCUT2D eigenvalue weighted by atomic mass is 16.3. The van der Waals surface area contributed by atoms with Gasteiger partial charge < -0.3 is 4.42 Å². The van der Waals surface area contributed by atoms with E-state index in [9.17, 15) is 0 Å². The van der Waals surface area contributed by atoms with E-state index in [0.29, 0.717) is 6.54 Å². The minimum absolute atomic E-state index is 0.474. The largest absolute Gasteiger partial charge is 0.472 e. The summed E-state index contributed by atoms with van der Waals surface area (Å²) in [7, 11) is 0. The van der Waals surface area contributed by atoms with Crippen LogP contribution in [-0.2, 0) is 6.54 Å². The third-order valence-electron chi connectivity index (χ3n) is 1.73. The predicted octanol–water partition coefficient (Wildman–Crippen LogP) is 1.63. The summed E-state index contributed by atoms with van der Waals surface area (Å²) in [5.74, 6) is 0. The second kappa shape index (κ2) is 4.58. The van der Waals surface area contributed by atoms with Crippen molar-refractivity contribution in [2.24, 2.45) is 0 Å². The van der Waals surface area contributed by atoms with Crippen LogP contribution in [0.15, 0.2) is 23.0 Å². The Morgan fingerprint density at radius 3 is 3.00 bits per heavy atom. The highest BCUT2D eigenvalue weighted by Crippen LogP contribution is 2.03. The van der Waals surface area contributed by atoms with Gasteiger partial charge in [-0.25, -0.2) is 0 Å². The van der Waals surface area contributed by atoms with Gasteiger partial charge in [0, 0.05) is 12.1 Å². The van der Waals surface area contributed by atoms with Crippen LogP contribution in [0, 0.1) is 11.3 Å². The Balaban J connectivity index is 2.44. The maximum Gasteiger partial charge on any atom is 0.0947 e. The highest BCUT2D eigenvalue weighted by Gasteiger charge is 2.02. The van der Waals surface area contributed by atoms with E-state index < -0.39 is 0 Å². The minimum atomic E-state index is 0.474. The number of furan rings is 1. The molecule has 12 heavy (non-hydrogen) atoms. The van der Waals surface area contributed by atoms with Gasteiger partial charge >= 0.3 is 0 Å². The minimum Gasteiger partial charge on any atom is -0.472 e. The van der Waals surface area contributed by atoms with Crippen LogP contribution in [0.5, 0.6) is 0 Å². The van der Waals surface area contributed by atoms with Crippen molar-refractivity contribution in [3.05, 3.63) is 24.2 Å². The molecular formula is C9H12N2O. The average Bonchev–Trinajstić information content (AvgIpc) is 2.56. The van der Waals surface area contributed by atoms with Gasteiger partial charge in [-0.1, -0.05) is 6.92 Å². The fourth-order valence-electron chi connectivity index (χ4n) is 1.02. The van der Waals surface area contributed by atoms with E-state index in [0.717, 1.165) is 18.7 Å². The fourth-order valence-corrected chi connectivity index (χ4v) is 1.02. The van der Waals surface area contributed by atoms with E-state index in [4.69, 9.17) is 9.68 Å². The second-order valence-electron chi connectivity index (χ2n) is 2.59. The molecule has 3 nitrogen and oxygen atoms in total. The summed E-state index contributed by atoms with van der Waals surface area (Å²) in [6.45, 7) is 4.19. The number of rotatable bonds is 4. The highest BCUT2D eigenvalue weighted by molar-refractivity contribution is 5.05. The molecule has 0 aromatic carbocycles. The van der Waals surface area contributed by atoms with Gasteiger partial charge in [-0.05, 0) is 12.6 Å². The van der Waals surface area contributed by atoms with Gasteiger partial charge in [-0.15, -0.1) is 0 Å². The lowest BCUT2D eigenvalue weighted by atomic mass is 10.3. The van der Waals surface area contributed by atoms with E-state index in [1.807, 2.05) is 17.9 Å². The molecule has 1 aromatic heterocycles. The van der Waals surface area contributed by atoms with Gasteiger partial charge in [0.05, 0.1) is 25.1 Å². The zero-order chi connectivity index (χ0) is 8.81. The standard InChI is InChI=1S/C9H12N2O/c1-2-11(5-4-10)7-9-3-6-12-8-9/h3,6,8H,2,5,7H2,1H3. The lowest BCUT2D eigenvalue weighted by Gasteiger charge is -2.14. The van der Waals surface area contributed by atoms with Crippen molar-refractivity contribution in [3.8, 4) is 6.07 Å². The first kappa shape index (κ1) is 8.82. The van der Waals surface area contributed by atoms with Crippen molar-refractivity contribution >= 4 is 0 Å². The van der Waals surface area contributed by atoms with Crippen molar-refractivity contribution in [2.75, 3.05) is 13.1 Å². The Morgan fingerprint density at radius 2 is 2.50 bits per heavy atom. The summed E-state index contributed by atoms with van der Waals surface area (Å²) in [5.41, 5.74) is 1.12. The molecule has 1 aromatic rings. The van der Waals surface area contributed by atoms with Crippen LogP contribution < -0.4 is 0 Å². The maximum atomic E-state index is 8.48. The van der Waals surface area contributed by atoms with Crippen molar-refractivity contribution < 1.29 is 4.42 Å². The van der Waals surface area contributed by atoms with Crippen molar-refractivity contribution in [3.63, 3.8) is 0 Å². The summed E-state index contributed by atoms with van der Waals surface area (Å²) >= 11 is 0. The molecular weight excluding hydrogens is 152 g/mol. The van der Waals surface area contributed by atoms with Gasteiger partial charge in [0.25, 0.3) is 0 Å². The Bertz CT molecular complexity index is 248. The topological polar surface area (TPSA) is 40.2 Å². The van der Waals surface area contributed by atoms with E-state index in [2.05, 4.69) is 6.07 Å². The fraction of sp³-hybridized carbons (Fsp3) is 0.444. The molecule has 0 atom stereocenters. The Labute approximate surface area is 72.2 Å². The Hall–Kier alpha value is -1.27. The quantitative estimate of drug-likeness (QED) is 0.635. The molecule has 0 N–H and O–H groups in total. The lowest BCUT2D eigenvalue weighted by Crippen LogP contribution is -2.22. The second-order valence-corrected chi connectivity index (χ2v) is 2.59. The van der Waals surface area contributed by atoms with Gasteiger partial charge in [-0.2, -0.15) is 5.26 Å². The van der Waals surface area contributed by atoms with Crippen LogP contribution in [0.1, 0.15) is 12.5 Å². The number of hydrogen-bond acceptors (Lipinski definition) is 3. The molecule has 0 aliphatic carbocycles. The predicted molar refractivity (Wildman–Crippen MR) is 45.3 cm³/mol. The molecule has 3 heteroatoms. The zero-order valence-electron chi connectivity index (χ0n) is 7.16. The van der Waals surface area contributed by atoms with Crippen molar-refractivity contribution in [1.82, 2.24) is 4.90 Å². The monoisotopic (exact) mass is 164 g/mol. The lowest BCUT2D eigenvalue weighted by molar-refractivity contribution is 0.313. The molecule has 0 fully saturated rings. The molecule has 0 amide bonds.